The molecular formula is C23H47N3O2. The molecule has 1 rings (SSSR count). The van der Waals surface area contributed by atoms with Crippen LogP contribution in [0.3, 0.4) is 0 Å². The summed E-state index contributed by atoms with van der Waals surface area (Å²) in [6, 6.07) is -0.138. The van der Waals surface area contributed by atoms with Crippen LogP contribution in [-0.2, 0) is 0 Å². The molecule has 0 bridgehead atoms. The first-order valence-electron chi connectivity index (χ1n) is 12.2. The van der Waals surface area contributed by atoms with E-state index in [9.17, 15) is 10.3 Å². The van der Waals surface area contributed by atoms with Crippen LogP contribution in [0.15, 0.2) is 4.99 Å². The van der Waals surface area contributed by atoms with E-state index >= 15 is 0 Å². The molecule has 0 aromatic heterocycles. The van der Waals surface area contributed by atoms with Crippen molar-refractivity contribution in [3.8, 4) is 0 Å². The summed E-state index contributed by atoms with van der Waals surface area (Å²) in [6.07, 6.45) is 22.2. The molecular weight excluding hydrogens is 350 g/mol. The van der Waals surface area contributed by atoms with Crippen molar-refractivity contribution in [3.05, 3.63) is 5.21 Å². The topological polar surface area (TPSA) is 75.5 Å². The first kappa shape index (κ1) is 25.4. The Morgan fingerprint density at radius 1 is 0.893 bits per heavy atom. The third-order valence-electron chi connectivity index (χ3n) is 5.97. The van der Waals surface area contributed by atoms with Gasteiger partial charge in [0.2, 0.25) is 0 Å². The van der Waals surface area contributed by atoms with Crippen LogP contribution in [0.4, 0.5) is 0 Å². The predicted molar refractivity (Wildman–Crippen MR) is 119 cm³/mol. The standard InChI is InChI=1S/C23H47N3O2/c1-3-4-5-6-7-8-9-10-11-12-13-14-15-16-17-18-19-23-24-22(21(2)27)20-26(23)25-28/h21-22,27H,3-20,25H2,1-2H3. The van der Waals surface area contributed by atoms with E-state index in [1.54, 1.807) is 11.9 Å². The second-order valence-corrected chi connectivity index (χ2v) is 8.66. The largest absolute Gasteiger partial charge is 0.609 e. The van der Waals surface area contributed by atoms with Crippen LogP contribution >= 0.6 is 0 Å². The summed E-state index contributed by atoms with van der Waals surface area (Å²) in [6.45, 7) is 4.56. The zero-order chi connectivity index (χ0) is 20.5. The molecule has 2 atom stereocenters. The quantitative estimate of drug-likeness (QED) is 0.181. The van der Waals surface area contributed by atoms with Gasteiger partial charge in [-0.1, -0.05) is 103 Å². The number of quaternary nitrogens is 1. The summed E-state index contributed by atoms with van der Waals surface area (Å²) in [5.74, 6) is 0.867. The highest BCUT2D eigenvalue weighted by Crippen LogP contribution is 2.16. The van der Waals surface area contributed by atoms with Crippen molar-refractivity contribution < 1.29 is 10.7 Å². The molecule has 0 spiro atoms. The Balaban J connectivity index is 1.85. The molecule has 0 aromatic carbocycles. The summed E-state index contributed by atoms with van der Waals surface area (Å²) >= 11 is 0. The van der Waals surface area contributed by atoms with Gasteiger partial charge in [0, 0.05) is 6.42 Å². The number of aliphatic hydroxyl groups is 1. The maximum absolute atomic E-state index is 11.1. The van der Waals surface area contributed by atoms with E-state index in [4.69, 9.17) is 0 Å². The molecule has 5 heteroatoms. The van der Waals surface area contributed by atoms with Gasteiger partial charge in [0.05, 0.1) is 12.6 Å². The maximum Gasteiger partial charge on any atom is 0.149 e. The number of hydrogen-bond acceptors (Lipinski definition) is 4. The van der Waals surface area contributed by atoms with Gasteiger partial charge >= 0.3 is 0 Å². The fraction of sp³-hybridized carbons (Fsp3) is 0.957. The third kappa shape index (κ3) is 12.0. The zero-order valence-corrected chi connectivity index (χ0v) is 18.7. The predicted octanol–water partition coefficient (Wildman–Crippen LogP) is 5.08. The Bertz CT molecular complexity index is 388. The molecule has 166 valence electrons. The van der Waals surface area contributed by atoms with Crippen LogP contribution in [0, 0.1) is 5.21 Å². The number of amidine groups is 1. The lowest BCUT2D eigenvalue weighted by Gasteiger charge is -2.20. The summed E-state index contributed by atoms with van der Waals surface area (Å²) in [5, 5.41) is 22.4. The van der Waals surface area contributed by atoms with Crippen molar-refractivity contribution in [2.24, 2.45) is 4.99 Å². The lowest BCUT2D eigenvalue weighted by Crippen LogP contribution is -2.89. The molecule has 1 heterocycles. The fourth-order valence-electron chi connectivity index (χ4n) is 4.02. The minimum atomic E-state index is -0.481. The molecule has 0 saturated heterocycles. The van der Waals surface area contributed by atoms with E-state index < -0.39 is 6.10 Å². The minimum Gasteiger partial charge on any atom is -0.609 e. The number of unbranched alkanes of at least 4 members (excludes halogenated alkanes) is 15. The Morgan fingerprint density at radius 3 is 1.71 bits per heavy atom. The van der Waals surface area contributed by atoms with Crippen LogP contribution in [0.1, 0.15) is 123 Å². The van der Waals surface area contributed by atoms with E-state index in [0.717, 1.165) is 24.3 Å². The average Bonchev–Trinajstić information content (AvgIpc) is 3.11. The minimum absolute atomic E-state index is 0.138. The molecule has 0 aliphatic carbocycles. The van der Waals surface area contributed by atoms with E-state index in [1.165, 1.54) is 96.3 Å². The van der Waals surface area contributed by atoms with E-state index in [-0.39, 0.29) is 6.04 Å². The number of nitrogens with two attached hydrogens (primary N) is 1. The smallest absolute Gasteiger partial charge is 0.149 e. The number of aliphatic hydroxyl groups excluding tert-OH is 1. The highest BCUT2D eigenvalue weighted by atomic mass is 16.5. The summed E-state index contributed by atoms with van der Waals surface area (Å²) < 4.78 is 0. The molecule has 5 nitrogen and oxygen atoms in total. The SMILES string of the molecule is CCCCCCCCCCCCCCCCCCC1=NC(C(C)O)CN1[NH2+][O-]. The average molecular weight is 398 g/mol. The lowest BCUT2D eigenvalue weighted by atomic mass is 10.0. The molecule has 1 aliphatic heterocycles. The van der Waals surface area contributed by atoms with Crippen LogP contribution in [0.2, 0.25) is 0 Å². The van der Waals surface area contributed by atoms with Crippen molar-refractivity contribution in [2.75, 3.05) is 6.54 Å². The van der Waals surface area contributed by atoms with E-state index in [0.29, 0.717) is 6.54 Å². The molecule has 2 unspecified atom stereocenters. The van der Waals surface area contributed by atoms with Crippen molar-refractivity contribution in [3.63, 3.8) is 0 Å². The highest BCUT2D eigenvalue weighted by Gasteiger charge is 2.28. The van der Waals surface area contributed by atoms with Crippen LogP contribution in [0.25, 0.3) is 0 Å². The highest BCUT2D eigenvalue weighted by molar-refractivity contribution is 5.82. The van der Waals surface area contributed by atoms with Gasteiger partial charge in [0.1, 0.15) is 11.9 Å². The van der Waals surface area contributed by atoms with Crippen molar-refractivity contribution in [1.29, 1.82) is 0 Å². The third-order valence-corrected chi connectivity index (χ3v) is 5.97. The number of aliphatic imine (C=N–C) groups is 1. The van der Waals surface area contributed by atoms with Gasteiger partial charge in [0.15, 0.2) is 0 Å². The lowest BCUT2D eigenvalue weighted by molar-refractivity contribution is -0.728. The summed E-state index contributed by atoms with van der Waals surface area (Å²) in [4.78, 5) is 4.51. The van der Waals surface area contributed by atoms with Crippen molar-refractivity contribution in [2.45, 2.75) is 135 Å². The van der Waals surface area contributed by atoms with Gasteiger partial charge < -0.3 is 10.3 Å². The second kappa shape index (κ2) is 17.2. The summed E-state index contributed by atoms with van der Waals surface area (Å²) in [5.41, 5.74) is 0.855. The van der Waals surface area contributed by atoms with Gasteiger partial charge in [-0.3, -0.25) is 10.6 Å². The molecule has 0 radical (unpaired) electrons. The maximum atomic E-state index is 11.1. The Morgan fingerprint density at radius 2 is 1.32 bits per heavy atom. The van der Waals surface area contributed by atoms with Crippen molar-refractivity contribution in [1.82, 2.24) is 5.01 Å². The van der Waals surface area contributed by atoms with Gasteiger partial charge in [-0.15, -0.1) is 0 Å². The Labute approximate surface area is 173 Å². The zero-order valence-electron chi connectivity index (χ0n) is 18.7. The first-order chi connectivity index (χ1) is 13.7. The van der Waals surface area contributed by atoms with Crippen LogP contribution in [0.5, 0.6) is 0 Å². The number of hydrogen-bond donors (Lipinski definition) is 2. The second-order valence-electron chi connectivity index (χ2n) is 8.66. The van der Waals surface area contributed by atoms with Gasteiger partial charge in [-0.05, 0) is 13.3 Å². The Kier molecular flexibility index (Phi) is 15.6. The molecule has 0 amide bonds. The first-order valence-corrected chi connectivity index (χ1v) is 12.2. The molecule has 0 saturated carbocycles. The Hall–Kier alpha value is -0.650. The van der Waals surface area contributed by atoms with Gasteiger partial charge in [0.25, 0.3) is 0 Å². The fourth-order valence-corrected chi connectivity index (χ4v) is 4.02. The summed E-state index contributed by atoms with van der Waals surface area (Å²) in [7, 11) is 0. The van der Waals surface area contributed by atoms with Crippen LogP contribution < -0.4 is 5.59 Å². The normalized spacial score (nSPS) is 17.9. The number of nitrogens with zero attached hydrogens (tertiary/aromatic N) is 2. The molecule has 0 fully saturated rings. The van der Waals surface area contributed by atoms with Gasteiger partial charge in [-0.2, -0.15) is 0 Å². The van der Waals surface area contributed by atoms with Crippen LogP contribution in [-0.4, -0.2) is 34.6 Å². The molecule has 3 N–H and O–H groups in total. The molecule has 28 heavy (non-hydrogen) atoms. The number of rotatable bonds is 19. The van der Waals surface area contributed by atoms with Crippen molar-refractivity contribution >= 4 is 5.84 Å². The monoisotopic (exact) mass is 397 g/mol. The molecule has 1 aliphatic rings. The van der Waals surface area contributed by atoms with E-state index in [1.807, 2.05) is 0 Å². The molecule has 0 aromatic rings. The van der Waals surface area contributed by atoms with Gasteiger partial charge in [-0.25, -0.2) is 5.01 Å². The van der Waals surface area contributed by atoms with E-state index in [2.05, 4.69) is 11.9 Å².